The SMILES string of the molecule is CC(C)NC(=O)CNc1cccc2c1C(=O)N(C1CCC(=O)NC1O)C2=O. The van der Waals surface area contributed by atoms with Gasteiger partial charge in [-0.1, -0.05) is 6.07 Å². The summed E-state index contributed by atoms with van der Waals surface area (Å²) in [7, 11) is 0. The lowest BCUT2D eigenvalue weighted by molar-refractivity contribution is -0.129. The first kappa shape index (κ1) is 18.8. The number of fused-ring (bicyclic) bond motifs is 1. The van der Waals surface area contributed by atoms with Crippen LogP contribution >= 0.6 is 0 Å². The van der Waals surface area contributed by atoms with Crippen LogP contribution in [0.2, 0.25) is 0 Å². The van der Waals surface area contributed by atoms with Crippen molar-refractivity contribution in [2.45, 2.75) is 45.0 Å². The maximum absolute atomic E-state index is 12.9. The quantitative estimate of drug-likeness (QED) is 0.529. The van der Waals surface area contributed by atoms with Crippen molar-refractivity contribution in [3.8, 4) is 0 Å². The first-order valence-electron chi connectivity index (χ1n) is 8.81. The minimum Gasteiger partial charge on any atom is -0.375 e. The predicted octanol–water partition coefficient (Wildman–Crippen LogP) is -0.184. The highest BCUT2D eigenvalue weighted by Gasteiger charge is 2.45. The van der Waals surface area contributed by atoms with Crippen molar-refractivity contribution in [1.29, 1.82) is 0 Å². The van der Waals surface area contributed by atoms with E-state index >= 15 is 0 Å². The molecule has 27 heavy (non-hydrogen) atoms. The summed E-state index contributed by atoms with van der Waals surface area (Å²) in [4.78, 5) is 49.9. The number of carbonyl (C=O) groups excluding carboxylic acids is 4. The van der Waals surface area contributed by atoms with E-state index in [1.807, 2.05) is 13.8 Å². The van der Waals surface area contributed by atoms with Gasteiger partial charge in [0.15, 0.2) is 0 Å². The molecule has 0 bridgehead atoms. The fourth-order valence-corrected chi connectivity index (χ4v) is 3.34. The Bertz CT molecular complexity index is 807. The molecule has 9 heteroatoms. The van der Waals surface area contributed by atoms with E-state index in [4.69, 9.17) is 0 Å². The van der Waals surface area contributed by atoms with E-state index in [1.165, 1.54) is 6.07 Å². The Morgan fingerprint density at radius 1 is 1.30 bits per heavy atom. The predicted molar refractivity (Wildman–Crippen MR) is 95.9 cm³/mol. The van der Waals surface area contributed by atoms with Gasteiger partial charge in [-0.25, -0.2) is 0 Å². The Kier molecular flexibility index (Phi) is 5.13. The highest BCUT2D eigenvalue weighted by atomic mass is 16.3. The molecule has 1 fully saturated rings. The number of hydrogen-bond acceptors (Lipinski definition) is 6. The van der Waals surface area contributed by atoms with Gasteiger partial charge in [-0.05, 0) is 32.4 Å². The molecule has 9 nitrogen and oxygen atoms in total. The van der Waals surface area contributed by atoms with Crippen molar-refractivity contribution in [2.24, 2.45) is 0 Å². The second kappa shape index (κ2) is 7.36. The van der Waals surface area contributed by atoms with Gasteiger partial charge in [0.05, 0.1) is 23.7 Å². The summed E-state index contributed by atoms with van der Waals surface area (Å²) in [5.74, 6) is -1.64. The summed E-state index contributed by atoms with van der Waals surface area (Å²) in [6, 6.07) is 3.93. The van der Waals surface area contributed by atoms with E-state index in [0.717, 1.165) is 4.90 Å². The van der Waals surface area contributed by atoms with E-state index in [-0.39, 0.29) is 48.4 Å². The normalized spacial score (nSPS) is 21.9. The maximum Gasteiger partial charge on any atom is 0.264 e. The topological polar surface area (TPSA) is 128 Å². The molecule has 144 valence electrons. The second-order valence-electron chi connectivity index (χ2n) is 6.90. The minimum atomic E-state index is -1.30. The molecule has 0 saturated carbocycles. The number of anilines is 1. The standard InChI is InChI=1S/C18H22N4O5/c1-9(2)20-14(24)8-19-11-5-3-4-10-15(11)18(27)22(17(10)26)12-6-7-13(23)21-16(12)25/h3-5,9,12,16,19,25H,6-8H2,1-2H3,(H,20,24)(H,21,23). The van der Waals surface area contributed by atoms with Crippen LogP contribution < -0.4 is 16.0 Å². The zero-order chi connectivity index (χ0) is 19.7. The molecule has 2 aliphatic rings. The van der Waals surface area contributed by atoms with Gasteiger partial charge in [-0.3, -0.25) is 24.1 Å². The zero-order valence-electron chi connectivity index (χ0n) is 15.1. The Hall–Kier alpha value is -2.94. The molecule has 2 heterocycles. The van der Waals surface area contributed by atoms with E-state index in [9.17, 15) is 24.3 Å². The third-order valence-corrected chi connectivity index (χ3v) is 4.51. The van der Waals surface area contributed by atoms with Gasteiger partial charge < -0.3 is 21.1 Å². The fraction of sp³-hybridized carbons (Fsp3) is 0.444. The Balaban J connectivity index is 1.82. The first-order valence-corrected chi connectivity index (χ1v) is 8.81. The fourth-order valence-electron chi connectivity index (χ4n) is 3.34. The van der Waals surface area contributed by atoms with Gasteiger partial charge in [0.25, 0.3) is 11.8 Å². The third-order valence-electron chi connectivity index (χ3n) is 4.51. The number of carbonyl (C=O) groups is 4. The molecule has 2 aliphatic heterocycles. The third kappa shape index (κ3) is 3.63. The van der Waals surface area contributed by atoms with Crippen LogP contribution in [0.5, 0.6) is 0 Å². The molecule has 2 unspecified atom stereocenters. The molecule has 1 aromatic rings. The number of imide groups is 1. The monoisotopic (exact) mass is 374 g/mol. The highest BCUT2D eigenvalue weighted by Crippen LogP contribution is 2.32. The zero-order valence-corrected chi connectivity index (χ0v) is 15.1. The molecular formula is C18H22N4O5. The lowest BCUT2D eigenvalue weighted by Gasteiger charge is -2.33. The molecule has 3 rings (SSSR count). The summed E-state index contributed by atoms with van der Waals surface area (Å²) in [5.41, 5.74) is 0.754. The first-order chi connectivity index (χ1) is 12.8. The van der Waals surface area contributed by atoms with Gasteiger partial charge in [-0.2, -0.15) is 0 Å². The Morgan fingerprint density at radius 2 is 2.04 bits per heavy atom. The highest BCUT2D eigenvalue weighted by molar-refractivity contribution is 6.24. The van der Waals surface area contributed by atoms with Gasteiger partial charge in [-0.15, -0.1) is 0 Å². The summed E-state index contributed by atoms with van der Waals surface area (Å²) >= 11 is 0. The number of hydrogen-bond donors (Lipinski definition) is 4. The molecular weight excluding hydrogens is 352 g/mol. The van der Waals surface area contributed by atoms with Crippen LogP contribution in [0.3, 0.4) is 0 Å². The van der Waals surface area contributed by atoms with Crippen molar-refractivity contribution in [2.75, 3.05) is 11.9 Å². The van der Waals surface area contributed by atoms with Crippen LogP contribution in [0.25, 0.3) is 0 Å². The lowest BCUT2D eigenvalue weighted by Crippen LogP contribution is -2.57. The van der Waals surface area contributed by atoms with Crippen LogP contribution in [-0.2, 0) is 9.59 Å². The van der Waals surface area contributed by atoms with E-state index in [0.29, 0.717) is 5.69 Å². The second-order valence-corrected chi connectivity index (χ2v) is 6.90. The molecule has 1 saturated heterocycles. The van der Waals surface area contributed by atoms with Crippen LogP contribution in [0.4, 0.5) is 5.69 Å². The molecule has 2 atom stereocenters. The molecule has 0 aromatic heterocycles. The molecule has 4 N–H and O–H groups in total. The average Bonchev–Trinajstić information content (AvgIpc) is 2.85. The van der Waals surface area contributed by atoms with Crippen LogP contribution in [0.1, 0.15) is 47.4 Å². The van der Waals surface area contributed by atoms with Crippen molar-refractivity contribution in [3.05, 3.63) is 29.3 Å². The average molecular weight is 374 g/mol. The number of benzene rings is 1. The molecule has 4 amide bonds. The van der Waals surface area contributed by atoms with Gasteiger partial charge in [0.2, 0.25) is 11.8 Å². The number of aliphatic hydroxyl groups is 1. The largest absolute Gasteiger partial charge is 0.375 e. The number of aliphatic hydroxyl groups excluding tert-OH is 1. The number of amides is 4. The van der Waals surface area contributed by atoms with Gasteiger partial charge >= 0.3 is 0 Å². The molecule has 0 spiro atoms. The lowest BCUT2D eigenvalue weighted by atomic mass is 10.0. The van der Waals surface area contributed by atoms with Crippen LogP contribution in [0.15, 0.2) is 18.2 Å². The Morgan fingerprint density at radius 3 is 2.70 bits per heavy atom. The summed E-state index contributed by atoms with van der Waals surface area (Å²) in [5, 5.41) is 18.1. The van der Waals surface area contributed by atoms with Crippen molar-refractivity contribution in [3.63, 3.8) is 0 Å². The van der Waals surface area contributed by atoms with E-state index in [2.05, 4.69) is 16.0 Å². The van der Waals surface area contributed by atoms with Gasteiger partial charge in [0, 0.05) is 18.2 Å². The Labute approximate surface area is 156 Å². The molecule has 1 aromatic carbocycles. The van der Waals surface area contributed by atoms with Crippen LogP contribution in [-0.4, -0.2) is 58.5 Å². The van der Waals surface area contributed by atoms with Gasteiger partial charge in [0.1, 0.15) is 6.23 Å². The van der Waals surface area contributed by atoms with Crippen LogP contribution in [0, 0.1) is 0 Å². The van der Waals surface area contributed by atoms with Crippen molar-refractivity contribution < 1.29 is 24.3 Å². The summed E-state index contributed by atoms with van der Waals surface area (Å²) in [6.07, 6.45) is -0.991. The van der Waals surface area contributed by atoms with E-state index < -0.39 is 24.1 Å². The summed E-state index contributed by atoms with van der Waals surface area (Å²) < 4.78 is 0. The number of nitrogens with zero attached hydrogens (tertiary/aromatic N) is 1. The maximum atomic E-state index is 12.9. The summed E-state index contributed by atoms with van der Waals surface area (Å²) in [6.45, 7) is 3.64. The smallest absolute Gasteiger partial charge is 0.264 e. The minimum absolute atomic E-state index is 0.0116. The molecule has 0 radical (unpaired) electrons. The van der Waals surface area contributed by atoms with Crippen molar-refractivity contribution >= 4 is 29.3 Å². The molecule has 0 aliphatic carbocycles. The number of piperidine rings is 1. The number of nitrogens with one attached hydrogen (secondary N) is 3. The van der Waals surface area contributed by atoms with E-state index in [1.54, 1.807) is 12.1 Å². The number of rotatable bonds is 5. The van der Waals surface area contributed by atoms with Crippen molar-refractivity contribution in [1.82, 2.24) is 15.5 Å².